The van der Waals surface area contributed by atoms with Gasteiger partial charge in [0.05, 0.1) is 4.92 Å². The van der Waals surface area contributed by atoms with E-state index in [0.29, 0.717) is 36.9 Å². The Labute approximate surface area is 196 Å². The van der Waals surface area contributed by atoms with Gasteiger partial charge in [0.1, 0.15) is 12.1 Å². The van der Waals surface area contributed by atoms with Crippen LogP contribution in [0.25, 0.3) is 0 Å². The summed E-state index contributed by atoms with van der Waals surface area (Å²) in [5.74, 6) is -0.324. The van der Waals surface area contributed by atoms with Crippen LogP contribution in [0.5, 0.6) is 5.75 Å². The molecule has 0 amide bonds. The van der Waals surface area contributed by atoms with Gasteiger partial charge in [0.25, 0.3) is 0 Å². The molecule has 1 aliphatic heterocycles. The summed E-state index contributed by atoms with van der Waals surface area (Å²) in [6.45, 7) is 2.16. The number of halogens is 4. The lowest BCUT2D eigenvalue weighted by Gasteiger charge is -2.36. The van der Waals surface area contributed by atoms with E-state index in [4.69, 9.17) is 11.6 Å². The number of benzene rings is 2. The number of anilines is 4. The Morgan fingerprint density at radius 1 is 1.03 bits per heavy atom. The highest BCUT2D eigenvalue weighted by atomic mass is 35.5. The summed E-state index contributed by atoms with van der Waals surface area (Å²) in [7, 11) is 0. The fourth-order valence-electron chi connectivity index (χ4n) is 3.59. The molecule has 0 spiro atoms. The number of hydrogen-bond acceptors (Lipinski definition) is 8. The van der Waals surface area contributed by atoms with Gasteiger partial charge in [0.15, 0.2) is 0 Å². The summed E-state index contributed by atoms with van der Waals surface area (Å²) in [5.41, 5.74) is 0.937. The topological polar surface area (TPSA) is 96.7 Å². The van der Waals surface area contributed by atoms with Gasteiger partial charge in [-0.15, -0.1) is 13.2 Å². The minimum absolute atomic E-state index is 0.0724. The van der Waals surface area contributed by atoms with Crippen LogP contribution in [0.4, 0.5) is 41.9 Å². The van der Waals surface area contributed by atoms with Crippen LogP contribution in [0.15, 0.2) is 54.9 Å². The molecule has 34 heavy (non-hydrogen) atoms. The summed E-state index contributed by atoms with van der Waals surface area (Å²) in [6, 6.07) is 12.2. The first kappa shape index (κ1) is 23.4. The predicted molar refractivity (Wildman–Crippen MR) is 121 cm³/mol. The van der Waals surface area contributed by atoms with Gasteiger partial charge in [-0.05, 0) is 42.5 Å². The molecule has 0 saturated carbocycles. The molecular weight excluding hydrogens is 477 g/mol. The number of aromatic nitrogens is 2. The molecule has 13 heteroatoms. The molecule has 178 valence electrons. The second kappa shape index (κ2) is 9.59. The second-order valence-corrected chi connectivity index (χ2v) is 7.74. The summed E-state index contributed by atoms with van der Waals surface area (Å²) < 4.78 is 40.9. The zero-order chi connectivity index (χ0) is 24.3. The van der Waals surface area contributed by atoms with Crippen molar-refractivity contribution in [1.82, 2.24) is 9.97 Å². The van der Waals surface area contributed by atoms with Crippen molar-refractivity contribution >= 4 is 40.3 Å². The lowest BCUT2D eigenvalue weighted by Crippen LogP contribution is -2.47. The van der Waals surface area contributed by atoms with Crippen molar-refractivity contribution in [3.8, 4) is 5.75 Å². The third-order valence-corrected chi connectivity index (χ3v) is 5.32. The Bertz CT molecular complexity index is 1170. The van der Waals surface area contributed by atoms with Crippen molar-refractivity contribution in [1.29, 1.82) is 0 Å². The smallest absolute Gasteiger partial charge is 0.406 e. The van der Waals surface area contributed by atoms with Crippen LogP contribution in [0.1, 0.15) is 0 Å². The molecule has 2 heterocycles. The van der Waals surface area contributed by atoms with Crippen molar-refractivity contribution in [3.63, 3.8) is 0 Å². The standard InChI is InChI=1S/C21H18ClF3N6O3/c22-14-2-1-3-16(12-14)29-8-10-30(11-9-29)20-18(31(32)33)19(26-13-27-20)28-15-4-6-17(7-5-15)34-21(23,24)25/h1-7,12-13H,8-11H2,(H,26,27,28). The van der Waals surface area contributed by atoms with Gasteiger partial charge in [-0.3, -0.25) is 10.1 Å². The molecule has 1 aliphatic rings. The number of hydrogen-bond donors (Lipinski definition) is 1. The van der Waals surface area contributed by atoms with E-state index in [1.165, 1.54) is 18.5 Å². The first-order valence-electron chi connectivity index (χ1n) is 10.1. The van der Waals surface area contributed by atoms with Crippen LogP contribution >= 0.6 is 11.6 Å². The Balaban J connectivity index is 1.51. The summed E-state index contributed by atoms with van der Waals surface area (Å²) in [6.07, 6.45) is -3.61. The quantitative estimate of drug-likeness (QED) is 0.377. The van der Waals surface area contributed by atoms with Gasteiger partial charge in [0, 0.05) is 42.6 Å². The number of piperazine rings is 1. The van der Waals surface area contributed by atoms with Crippen LogP contribution in [-0.2, 0) is 0 Å². The molecule has 2 aromatic carbocycles. The number of alkyl halides is 3. The Morgan fingerprint density at radius 3 is 2.32 bits per heavy atom. The zero-order valence-electron chi connectivity index (χ0n) is 17.5. The third-order valence-electron chi connectivity index (χ3n) is 5.09. The van der Waals surface area contributed by atoms with Gasteiger partial charge in [-0.1, -0.05) is 17.7 Å². The van der Waals surface area contributed by atoms with Gasteiger partial charge >= 0.3 is 12.0 Å². The first-order chi connectivity index (χ1) is 16.2. The number of nitrogens with one attached hydrogen (secondary N) is 1. The molecule has 1 fully saturated rings. The summed E-state index contributed by atoms with van der Waals surface area (Å²) in [4.78, 5) is 23.4. The van der Waals surface area contributed by atoms with E-state index in [9.17, 15) is 23.3 Å². The Kier molecular flexibility index (Phi) is 6.59. The lowest BCUT2D eigenvalue weighted by atomic mass is 10.2. The van der Waals surface area contributed by atoms with Crippen molar-refractivity contribution in [2.75, 3.05) is 41.3 Å². The molecular formula is C21H18ClF3N6O3. The Morgan fingerprint density at radius 2 is 1.71 bits per heavy atom. The van der Waals surface area contributed by atoms with Crippen molar-refractivity contribution in [2.45, 2.75) is 6.36 Å². The number of nitro groups is 1. The summed E-state index contributed by atoms with van der Waals surface area (Å²) >= 11 is 6.07. The highest BCUT2D eigenvalue weighted by molar-refractivity contribution is 6.30. The number of rotatable bonds is 6. The largest absolute Gasteiger partial charge is 0.573 e. The van der Waals surface area contributed by atoms with Crippen LogP contribution in [-0.4, -0.2) is 47.4 Å². The SMILES string of the molecule is O=[N+]([O-])c1c(Nc2ccc(OC(F)(F)F)cc2)ncnc1N1CCN(c2cccc(Cl)c2)CC1. The normalized spacial score (nSPS) is 14.1. The van der Waals surface area contributed by atoms with E-state index in [2.05, 4.69) is 24.9 Å². The maximum Gasteiger partial charge on any atom is 0.573 e. The van der Waals surface area contributed by atoms with Crippen LogP contribution < -0.4 is 19.9 Å². The molecule has 0 bridgehead atoms. The fraction of sp³-hybridized carbons (Fsp3) is 0.238. The van der Waals surface area contributed by atoms with Crippen LogP contribution in [0, 0.1) is 10.1 Å². The average molecular weight is 495 g/mol. The van der Waals surface area contributed by atoms with E-state index >= 15 is 0 Å². The minimum Gasteiger partial charge on any atom is -0.406 e. The summed E-state index contributed by atoms with van der Waals surface area (Å²) in [5, 5.41) is 15.3. The molecule has 3 aromatic rings. The molecule has 0 atom stereocenters. The van der Waals surface area contributed by atoms with E-state index < -0.39 is 17.0 Å². The van der Waals surface area contributed by atoms with E-state index in [0.717, 1.165) is 17.8 Å². The molecule has 1 N–H and O–H groups in total. The van der Waals surface area contributed by atoms with Crippen molar-refractivity contribution in [3.05, 3.63) is 70.0 Å². The lowest BCUT2D eigenvalue weighted by molar-refractivity contribution is -0.383. The van der Waals surface area contributed by atoms with Gasteiger partial charge in [0.2, 0.25) is 11.6 Å². The van der Waals surface area contributed by atoms with Crippen molar-refractivity contribution < 1.29 is 22.8 Å². The predicted octanol–water partition coefficient (Wildman–Crippen LogP) is 5.01. The van der Waals surface area contributed by atoms with Crippen LogP contribution in [0.2, 0.25) is 5.02 Å². The fourth-order valence-corrected chi connectivity index (χ4v) is 3.77. The average Bonchev–Trinajstić information content (AvgIpc) is 2.79. The first-order valence-corrected chi connectivity index (χ1v) is 10.4. The maximum atomic E-state index is 12.3. The number of ether oxygens (including phenoxy) is 1. The minimum atomic E-state index is -4.81. The Hall–Kier alpha value is -3.80. The third kappa shape index (κ3) is 5.57. The maximum absolute atomic E-state index is 12.3. The number of nitrogens with zero attached hydrogens (tertiary/aromatic N) is 5. The van der Waals surface area contributed by atoms with Gasteiger partial charge in [-0.25, -0.2) is 9.97 Å². The highest BCUT2D eigenvalue weighted by Gasteiger charge is 2.31. The molecule has 1 aromatic heterocycles. The zero-order valence-corrected chi connectivity index (χ0v) is 18.3. The van der Waals surface area contributed by atoms with Gasteiger partial charge in [-0.2, -0.15) is 0 Å². The second-order valence-electron chi connectivity index (χ2n) is 7.30. The van der Waals surface area contributed by atoms with E-state index in [1.54, 1.807) is 11.0 Å². The molecule has 0 radical (unpaired) electrons. The van der Waals surface area contributed by atoms with E-state index in [-0.39, 0.29) is 17.3 Å². The highest BCUT2D eigenvalue weighted by Crippen LogP contribution is 2.35. The monoisotopic (exact) mass is 494 g/mol. The van der Waals surface area contributed by atoms with E-state index in [1.807, 2.05) is 18.2 Å². The molecule has 1 saturated heterocycles. The molecule has 9 nitrogen and oxygen atoms in total. The van der Waals surface area contributed by atoms with Crippen molar-refractivity contribution in [2.24, 2.45) is 0 Å². The molecule has 0 unspecified atom stereocenters. The molecule has 0 aliphatic carbocycles. The van der Waals surface area contributed by atoms with Gasteiger partial charge < -0.3 is 19.9 Å². The molecule has 4 rings (SSSR count). The van der Waals surface area contributed by atoms with Crippen LogP contribution in [0.3, 0.4) is 0 Å².